The number of carbonyl (C=O) groups excluding carboxylic acids is 1. The van der Waals surface area contributed by atoms with Crippen molar-refractivity contribution in [2.24, 2.45) is 0 Å². The number of hydrogen-bond donors (Lipinski definition) is 1. The number of fused-ring (bicyclic) bond motifs is 1. The third-order valence-corrected chi connectivity index (χ3v) is 5.20. The fourth-order valence-corrected chi connectivity index (χ4v) is 3.73. The second-order valence-electron chi connectivity index (χ2n) is 5.70. The second kappa shape index (κ2) is 6.93. The van der Waals surface area contributed by atoms with Crippen molar-refractivity contribution in [2.75, 3.05) is 22.4 Å². The van der Waals surface area contributed by atoms with Crippen LogP contribution in [0.25, 0.3) is 0 Å². The molecule has 1 atom stereocenters. The van der Waals surface area contributed by atoms with Crippen molar-refractivity contribution in [3.05, 3.63) is 53.6 Å². The first-order valence-electron chi connectivity index (χ1n) is 7.64. The summed E-state index contributed by atoms with van der Waals surface area (Å²) in [6.07, 6.45) is 0.520. The summed E-state index contributed by atoms with van der Waals surface area (Å²) < 4.78 is 31.2. The number of benzene rings is 2. The molecule has 0 unspecified atom stereocenters. The minimum atomic E-state index is -3.52. The Kier molecular flexibility index (Phi) is 4.87. The van der Waals surface area contributed by atoms with Gasteiger partial charge in [0.25, 0.3) is 5.91 Å². The summed E-state index contributed by atoms with van der Waals surface area (Å²) in [6.45, 7) is 0.124. The van der Waals surface area contributed by atoms with Crippen LogP contribution in [0.2, 0.25) is 5.02 Å². The molecule has 1 amide bonds. The molecule has 1 aliphatic rings. The summed E-state index contributed by atoms with van der Waals surface area (Å²) >= 11 is 6.00. The molecule has 1 aliphatic heterocycles. The summed E-state index contributed by atoms with van der Waals surface area (Å²) in [6, 6.07) is 13.7. The number of sulfonamides is 1. The maximum Gasteiger partial charge on any atom is 0.265 e. The Hall–Kier alpha value is -2.25. The smallest absolute Gasteiger partial charge is 0.265 e. The van der Waals surface area contributed by atoms with Crippen LogP contribution in [0.15, 0.2) is 48.5 Å². The molecule has 3 rings (SSSR count). The van der Waals surface area contributed by atoms with Crippen LogP contribution in [0.3, 0.4) is 0 Å². The van der Waals surface area contributed by atoms with E-state index in [0.29, 0.717) is 22.1 Å². The average Bonchev–Trinajstić information content (AvgIpc) is 2.74. The van der Waals surface area contributed by atoms with E-state index >= 15 is 0 Å². The Bertz CT molecular complexity index is 887. The molecule has 2 aromatic carbocycles. The SMILES string of the molecule is CS(=O)(=O)N1CC[C@@H](C(=O)Nc2ccccc2)Oc2ccc(Cl)cc21. The Balaban J connectivity index is 1.89. The highest BCUT2D eigenvalue weighted by molar-refractivity contribution is 7.92. The van der Waals surface area contributed by atoms with Gasteiger partial charge in [0.1, 0.15) is 5.75 Å². The van der Waals surface area contributed by atoms with E-state index in [1.807, 2.05) is 18.2 Å². The number of ether oxygens (including phenoxy) is 1. The summed E-state index contributed by atoms with van der Waals surface area (Å²) in [5.74, 6) is -0.0250. The summed E-state index contributed by atoms with van der Waals surface area (Å²) in [5, 5.41) is 3.17. The van der Waals surface area contributed by atoms with Gasteiger partial charge in [0.15, 0.2) is 6.10 Å². The van der Waals surface area contributed by atoms with Crippen molar-refractivity contribution in [1.29, 1.82) is 0 Å². The fourth-order valence-electron chi connectivity index (χ4n) is 2.63. The fraction of sp³-hybridized carbons (Fsp3) is 0.235. The lowest BCUT2D eigenvalue weighted by Crippen LogP contribution is -2.35. The molecule has 0 saturated heterocycles. The summed E-state index contributed by atoms with van der Waals surface area (Å²) in [4.78, 5) is 12.5. The molecule has 0 aliphatic carbocycles. The van der Waals surface area contributed by atoms with E-state index in [9.17, 15) is 13.2 Å². The maximum absolute atomic E-state index is 12.5. The minimum absolute atomic E-state index is 0.124. The number of rotatable bonds is 3. The zero-order valence-electron chi connectivity index (χ0n) is 13.5. The third kappa shape index (κ3) is 4.05. The van der Waals surface area contributed by atoms with E-state index in [-0.39, 0.29) is 18.9 Å². The Morgan fingerprint density at radius 3 is 2.64 bits per heavy atom. The van der Waals surface area contributed by atoms with Gasteiger partial charge in [-0.3, -0.25) is 9.10 Å². The van der Waals surface area contributed by atoms with Gasteiger partial charge in [0.05, 0.1) is 11.9 Å². The Labute approximate surface area is 151 Å². The minimum Gasteiger partial charge on any atom is -0.478 e. The number of hydrogen-bond acceptors (Lipinski definition) is 4. The number of halogens is 1. The lowest BCUT2D eigenvalue weighted by Gasteiger charge is -2.21. The van der Waals surface area contributed by atoms with Crippen molar-refractivity contribution in [3.8, 4) is 5.75 Å². The largest absolute Gasteiger partial charge is 0.478 e. The number of anilines is 2. The molecule has 6 nitrogen and oxygen atoms in total. The lowest BCUT2D eigenvalue weighted by atomic mass is 10.2. The predicted molar refractivity (Wildman–Crippen MR) is 97.7 cm³/mol. The molecular formula is C17H17ClN2O4S. The molecule has 0 radical (unpaired) electrons. The quantitative estimate of drug-likeness (QED) is 0.888. The van der Waals surface area contributed by atoms with Gasteiger partial charge in [0, 0.05) is 23.7 Å². The summed E-state index contributed by atoms with van der Waals surface area (Å²) in [5.41, 5.74) is 0.988. The van der Waals surface area contributed by atoms with Gasteiger partial charge in [-0.05, 0) is 30.3 Å². The molecule has 0 saturated carbocycles. The van der Waals surface area contributed by atoms with Gasteiger partial charge in [-0.25, -0.2) is 8.42 Å². The molecule has 0 bridgehead atoms. The number of para-hydroxylation sites is 1. The topological polar surface area (TPSA) is 75.7 Å². The normalized spacial score (nSPS) is 17.2. The third-order valence-electron chi connectivity index (χ3n) is 3.79. The van der Waals surface area contributed by atoms with E-state index in [1.165, 1.54) is 10.4 Å². The first-order chi connectivity index (χ1) is 11.8. The highest BCUT2D eigenvalue weighted by atomic mass is 35.5. The molecule has 2 aromatic rings. The van der Waals surface area contributed by atoms with E-state index in [0.717, 1.165) is 6.26 Å². The zero-order chi connectivity index (χ0) is 18.0. The number of amides is 1. The number of nitrogens with zero attached hydrogens (tertiary/aromatic N) is 1. The van der Waals surface area contributed by atoms with Gasteiger partial charge in [-0.15, -0.1) is 0 Å². The molecule has 8 heteroatoms. The molecule has 1 heterocycles. The second-order valence-corrected chi connectivity index (χ2v) is 8.04. The first kappa shape index (κ1) is 17.6. The Morgan fingerprint density at radius 1 is 1.24 bits per heavy atom. The van der Waals surface area contributed by atoms with Gasteiger partial charge < -0.3 is 10.1 Å². The monoisotopic (exact) mass is 380 g/mol. The van der Waals surface area contributed by atoms with Crippen molar-refractivity contribution < 1.29 is 17.9 Å². The van der Waals surface area contributed by atoms with Crippen molar-refractivity contribution in [1.82, 2.24) is 0 Å². The van der Waals surface area contributed by atoms with E-state index in [1.54, 1.807) is 24.3 Å². The zero-order valence-corrected chi connectivity index (χ0v) is 15.0. The predicted octanol–water partition coefficient (Wildman–Crippen LogP) is 2.90. The lowest BCUT2D eigenvalue weighted by molar-refractivity contribution is -0.122. The van der Waals surface area contributed by atoms with Crippen LogP contribution >= 0.6 is 11.6 Å². The highest BCUT2D eigenvalue weighted by Gasteiger charge is 2.31. The molecule has 1 N–H and O–H groups in total. The van der Waals surface area contributed by atoms with Crippen LogP contribution in [0.1, 0.15) is 6.42 Å². The van der Waals surface area contributed by atoms with Crippen LogP contribution in [-0.4, -0.2) is 33.2 Å². The number of carbonyl (C=O) groups is 1. The van der Waals surface area contributed by atoms with Crippen molar-refractivity contribution >= 4 is 38.9 Å². The standard InChI is InChI=1S/C17H17ClN2O4S/c1-25(22,23)20-10-9-16(17(21)19-13-5-3-2-4-6-13)24-15-8-7-12(18)11-14(15)20/h2-8,11,16H,9-10H2,1H3,(H,19,21)/t16-/m0/s1. The van der Waals surface area contributed by atoms with Crippen molar-refractivity contribution in [3.63, 3.8) is 0 Å². The molecule has 0 aromatic heterocycles. The van der Waals surface area contributed by atoms with Gasteiger partial charge >= 0.3 is 0 Å². The molecular weight excluding hydrogens is 364 g/mol. The van der Waals surface area contributed by atoms with Crippen molar-refractivity contribution in [2.45, 2.75) is 12.5 Å². The van der Waals surface area contributed by atoms with E-state index in [2.05, 4.69) is 5.32 Å². The van der Waals surface area contributed by atoms with Crippen LogP contribution in [-0.2, 0) is 14.8 Å². The molecule has 25 heavy (non-hydrogen) atoms. The van der Waals surface area contributed by atoms with Gasteiger partial charge in [0.2, 0.25) is 10.0 Å². The van der Waals surface area contributed by atoms with Crippen LogP contribution < -0.4 is 14.4 Å². The Morgan fingerprint density at radius 2 is 1.96 bits per heavy atom. The number of nitrogens with one attached hydrogen (secondary N) is 1. The van der Waals surface area contributed by atoms with E-state index < -0.39 is 16.1 Å². The maximum atomic E-state index is 12.5. The average molecular weight is 381 g/mol. The highest BCUT2D eigenvalue weighted by Crippen LogP contribution is 2.36. The van der Waals surface area contributed by atoms with Gasteiger partial charge in [-0.1, -0.05) is 29.8 Å². The molecule has 0 fully saturated rings. The molecule has 132 valence electrons. The molecule has 0 spiro atoms. The van der Waals surface area contributed by atoms with Crippen LogP contribution in [0.5, 0.6) is 5.75 Å². The summed E-state index contributed by atoms with van der Waals surface area (Å²) in [7, 11) is -3.52. The van der Waals surface area contributed by atoms with Crippen LogP contribution in [0, 0.1) is 0 Å². The van der Waals surface area contributed by atoms with Crippen LogP contribution in [0.4, 0.5) is 11.4 Å². The van der Waals surface area contributed by atoms with E-state index in [4.69, 9.17) is 16.3 Å². The van der Waals surface area contributed by atoms with Gasteiger partial charge in [-0.2, -0.15) is 0 Å². The first-order valence-corrected chi connectivity index (χ1v) is 9.87.